The van der Waals surface area contributed by atoms with Crippen molar-refractivity contribution in [2.75, 3.05) is 39.1 Å². The molecule has 1 rings (SSSR count). The van der Waals surface area contributed by atoms with Crippen LogP contribution in [0.1, 0.15) is 32.6 Å². The minimum atomic E-state index is 0.738. The Morgan fingerprint density at radius 3 is 2.75 bits per heavy atom. The van der Waals surface area contributed by atoms with Gasteiger partial charge < -0.3 is 9.64 Å². The van der Waals surface area contributed by atoms with E-state index < -0.39 is 0 Å². The first kappa shape index (κ1) is 14.3. The minimum Gasteiger partial charge on any atom is -0.380 e. The van der Waals surface area contributed by atoms with Gasteiger partial charge in [0.25, 0.3) is 0 Å². The number of hydrogen-bond donors (Lipinski definition) is 1. The summed E-state index contributed by atoms with van der Waals surface area (Å²) in [5.41, 5.74) is 0. The summed E-state index contributed by atoms with van der Waals surface area (Å²) in [6, 6.07) is 0. The Kier molecular flexibility index (Phi) is 7.50. The molecule has 0 bridgehead atoms. The molecular formula is C13H27NOS. The summed E-state index contributed by atoms with van der Waals surface area (Å²) >= 11 is 4.41. The van der Waals surface area contributed by atoms with Gasteiger partial charge in [-0.25, -0.2) is 0 Å². The normalized spacial score (nSPS) is 18.0. The van der Waals surface area contributed by atoms with Crippen molar-refractivity contribution in [2.45, 2.75) is 32.6 Å². The number of nitrogens with zero attached hydrogens (tertiary/aromatic N) is 1. The van der Waals surface area contributed by atoms with Gasteiger partial charge in [-0.3, -0.25) is 0 Å². The second kappa shape index (κ2) is 8.37. The first-order valence-corrected chi connectivity index (χ1v) is 7.26. The lowest BCUT2D eigenvalue weighted by Gasteiger charge is -2.22. The standard InChI is InChI=1S/C13H27NOS/c1-3-4-13(11-16)9-14(2)7-8-15-10-12-5-6-12/h12-13,16H,3-11H2,1-2H3. The zero-order valence-electron chi connectivity index (χ0n) is 10.8. The van der Waals surface area contributed by atoms with Gasteiger partial charge in [0.2, 0.25) is 0 Å². The van der Waals surface area contributed by atoms with Crippen LogP contribution in [0.2, 0.25) is 0 Å². The lowest BCUT2D eigenvalue weighted by molar-refractivity contribution is 0.0996. The van der Waals surface area contributed by atoms with Gasteiger partial charge in [-0.05, 0) is 43.9 Å². The molecule has 0 amide bonds. The average Bonchev–Trinajstić information content (AvgIpc) is 3.07. The number of ether oxygens (including phenoxy) is 1. The third kappa shape index (κ3) is 6.77. The maximum atomic E-state index is 5.64. The molecule has 16 heavy (non-hydrogen) atoms. The van der Waals surface area contributed by atoms with Crippen molar-refractivity contribution in [3.8, 4) is 0 Å². The molecular weight excluding hydrogens is 218 g/mol. The van der Waals surface area contributed by atoms with E-state index in [2.05, 4.69) is 31.5 Å². The number of likely N-dealkylation sites (N-methyl/N-ethyl adjacent to an activating group) is 1. The summed E-state index contributed by atoms with van der Waals surface area (Å²) in [6.07, 6.45) is 5.32. The van der Waals surface area contributed by atoms with E-state index in [4.69, 9.17) is 4.74 Å². The van der Waals surface area contributed by atoms with Crippen LogP contribution >= 0.6 is 12.6 Å². The van der Waals surface area contributed by atoms with Crippen molar-refractivity contribution in [1.29, 1.82) is 0 Å². The van der Waals surface area contributed by atoms with Gasteiger partial charge in [-0.15, -0.1) is 0 Å². The van der Waals surface area contributed by atoms with Crippen molar-refractivity contribution in [2.24, 2.45) is 11.8 Å². The lowest BCUT2D eigenvalue weighted by atomic mass is 10.1. The largest absolute Gasteiger partial charge is 0.380 e. The van der Waals surface area contributed by atoms with Gasteiger partial charge in [0.1, 0.15) is 0 Å². The van der Waals surface area contributed by atoms with Gasteiger partial charge in [-0.2, -0.15) is 12.6 Å². The highest BCUT2D eigenvalue weighted by molar-refractivity contribution is 7.80. The Hall–Kier alpha value is 0.270. The van der Waals surface area contributed by atoms with E-state index in [0.29, 0.717) is 0 Å². The Morgan fingerprint density at radius 2 is 2.19 bits per heavy atom. The fourth-order valence-electron chi connectivity index (χ4n) is 1.94. The Morgan fingerprint density at radius 1 is 1.44 bits per heavy atom. The van der Waals surface area contributed by atoms with E-state index in [0.717, 1.165) is 43.9 Å². The van der Waals surface area contributed by atoms with Crippen molar-refractivity contribution in [3.63, 3.8) is 0 Å². The van der Waals surface area contributed by atoms with E-state index in [1.54, 1.807) is 0 Å². The number of thiol groups is 1. The SMILES string of the molecule is CCCC(CS)CN(C)CCOCC1CC1. The highest BCUT2D eigenvalue weighted by atomic mass is 32.1. The van der Waals surface area contributed by atoms with Gasteiger partial charge >= 0.3 is 0 Å². The molecule has 0 aromatic rings. The summed E-state index contributed by atoms with van der Waals surface area (Å²) in [5, 5.41) is 0. The highest BCUT2D eigenvalue weighted by Crippen LogP contribution is 2.28. The van der Waals surface area contributed by atoms with Gasteiger partial charge in [0.15, 0.2) is 0 Å². The molecule has 1 atom stereocenters. The Balaban J connectivity index is 1.96. The molecule has 0 aliphatic heterocycles. The zero-order chi connectivity index (χ0) is 11.8. The van der Waals surface area contributed by atoms with E-state index in [9.17, 15) is 0 Å². The molecule has 1 unspecified atom stereocenters. The second-order valence-electron chi connectivity index (χ2n) is 5.12. The molecule has 0 aromatic carbocycles. The van der Waals surface area contributed by atoms with Crippen LogP contribution in [-0.2, 0) is 4.74 Å². The second-order valence-corrected chi connectivity index (χ2v) is 5.48. The van der Waals surface area contributed by atoms with Crippen molar-refractivity contribution in [1.82, 2.24) is 4.90 Å². The average molecular weight is 245 g/mol. The Bertz CT molecular complexity index is 173. The molecule has 1 aliphatic carbocycles. The predicted octanol–water partition coefficient (Wildman–Crippen LogP) is 2.69. The lowest BCUT2D eigenvalue weighted by Crippen LogP contribution is -2.30. The van der Waals surface area contributed by atoms with Crippen molar-refractivity contribution < 1.29 is 4.74 Å². The molecule has 0 N–H and O–H groups in total. The molecule has 1 aliphatic rings. The topological polar surface area (TPSA) is 12.5 Å². The maximum Gasteiger partial charge on any atom is 0.0593 e. The number of hydrogen-bond acceptors (Lipinski definition) is 3. The third-order valence-electron chi connectivity index (χ3n) is 3.19. The summed E-state index contributed by atoms with van der Waals surface area (Å²) in [4.78, 5) is 2.38. The van der Waals surface area contributed by atoms with Crippen LogP contribution in [0.5, 0.6) is 0 Å². The maximum absolute atomic E-state index is 5.64. The molecule has 3 heteroatoms. The third-order valence-corrected chi connectivity index (χ3v) is 3.71. The molecule has 0 radical (unpaired) electrons. The first-order valence-electron chi connectivity index (χ1n) is 6.63. The molecule has 0 saturated heterocycles. The van der Waals surface area contributed by atoms with Crippen molar-refractivity contribution >= 4 is 12.6 Å². The smallest absolute Gasteiger partial charge is 0.0593 e. The van der Waals surface area contributed by atoms with E-state index in [-0.39, 0.29) is 0 Å². The summed E-state index contributed by atoms with van der Waals surface area (Å²) < 4.78 is 5.64. The van der Waals surface area contributed by atoms with Crippen molar-refractivity contribution in [3.05, 3.63) is 0 Å². The molecule has 1 saturated carbocycles. The van der Waals surface area contributed by atoms with Crippen LogP contribution < -0.4 is 0 Å². The van der Waals surface area contributed by atoms with E-state index >= 15 is 0 Å². The fourth-order valence-corrected chi connectivity index (χ4v) is 2.23. The van der Waals surface area contributed by atoms with Gasteiger partial charge in [0.05, 0.1) is 6.61 Å². The van der Waals surface area contributed by atoms with Crippen LogP contribution in [0, 0.1) is 11.8 Å². The van der Waals surface area contributed by atoms with E-state index in [1.165, 1.54) is 25.7 Å². The minimum absolute atomic E-state index is 0.738. The highest BCUT2D eigenvalue weighted by Gasteiger charge is 2.21. The molecule has 1 fully saturated rings. The fraction of sp³-hybridized carbons (Fsp3) is 1.00. The van der Waals surface area contributed by atoms with Crippen LogP contribution in [0.3, 0.4) is 0 Å². The van der Waals surface area contributed by atoms with Gasteiger partial charge in [-0.1, -0.05) is 13.3 Å². The predicted molar refractivity (Wildman–Crippen MR) is 73.3 cm³/mol. The molecule has 96 valence electrons. The monoisotopic (exact) mass is 245 g/mol. The van der Waals surface area contributed by atoms with Gasteiger partial charge in [0, 0.05) is 19.7 Å². The molecule has 0 heterocycles. The van der Waals surface area contributed by atoms with Crippen LogP contribution in [0.25, 0.3) is 0 Å². The quantitative estimate of drug-likeness (QED) is 0.469. The summed E-state index contributed by atoms with van der Waals surface area (Å²) in [5.74, 6) is 2.62. The van der Waals surface area contributed by atoms with Crippen LogP contribution in [0.4, 0.5) is 0 Å². The molecule has 0 aromatic heterocycles. The zero-order valence-corrected chi connectivity index (χ0v) is 11.7. The number of rotatable bonds is 10. The summed E-state index contributed by atoms with van der Waals surface area (Å²) in [7, 11) is 2.19. The molecule has 2 nitrogen and oxygen atoms in total. The molecule has 0 spiro atoms. The van der Waals surface area contributed by atoms with Crippen LogP contribution in [0.15, 0.2) is 0 Å². The van der Waals surface area contributed by atoms with E-state index in [1.807, 2.05) is 0 Å². The summed E-state index contributed by atoms with van der Waals surface area (Å²) in [6.45, 7) is 6.33. The Labute approximate surface area is 106 Å². The van der Waals surface area contributed by atoms with Crippen LogP contribution in [-0.4, -0.2) is 44.0 Å². The first-order chi connectivity index (χ1) is 7.76.